The van der Waals surface area contributed by atoms with Crippen LogP contribution in [0.25, 0.3) is 6.08 Å². The van der Waals surface area contributed by atoms with Crippen LogP contribution in [-0.2, 0) is 11.4 Å². The van der Waals surface area contributed by atoms with Gasteiger partial charge < -0.3 is 14.8 Å². The van der Waals surface area contributed by atoms with E-state index in [0.29, 0.717) is 54.5 Å². The molecule has 7 nitrogen and oxygen atoms in total. The third-order valence-electron chi connectivity index (χ3n) is 7.36. The van der Waals surface area contributed by atoms with Gasteiger partial charge >= 0.3 is 0 Å². The largest absolute Gasteiger partial charge is 0.497 e. The average Bonchev–Trinajstić information content (AvgIpc) is 3.34. The number of para-hydroxylation sites is 1. The maximum Gasteiger partial charge on any atom is 0.271 e. The molecule has 5 aromatic rings. The van der Waals surface area contributed by atoms with Crippen LogP contribution < -0.4 is 29.7 Å². The molecule has 1 aromatic heterocycles. The van der Waals surface area contributed by atoms with Crippen LogP contribution in [0.4, 0.5) is 10.1 Å². The monoisotopic (exact) mass is 809 g/mol. The first-order chi connectivity index (χ1) is 22.2. The van der Waals surface area contributed by atoms with Gasteiger partial charge in [0.2, 0.25) is 0 Å². The summed E-state index contributed by atoms with van der Waals surface area (Å²) >= 11 is 6.94. The molecule has 0 bridgehead atoms. The topological polar surface area (TPSA) is 81.9 Å². The fourth-order valence-corrected chi connectivity index (χ4v) is 7.95. The van der Waals surface area contributed by atoms with Gasteiger partial charge in [0.25, 0.3) is 11.5 Å². The summed E-state index contributed by atoms with van der Waals surface area (Å²) < 4.78 is 29.5. The number of carbonyl (C=O) groups excluding carboxylic acids is 1. The van der Waals surface area contributed by atoms with Crippen molar-refractivity contribution in [2.24, 2.45) is 4.99 Å². The van der Waals surface area contributed by atoms with Gasteiger partial charge in [-0.15, -0.1) is 0 Å². The van der Waals surface area contributed by atoms with E-state index in [1.807, 2.05) is 54.6 Å². The zero-order valence-corrected chi connectivity index (χ0v) is 29.2. The number of nitrogens with zero attached hydrogens (tertiary/aromatic N) is 2. The summed E-state index contributed by atoms with van der Waals surface area (Å²) in [6.45, 7) is 1.79. The normalized spacial score (nSPS) is 14.5. The van der Waals surface area contributed by atoms with E-state index >= 15 is 0 Å². The van der Waals surface area contributed by atoms with Crippen LogP contribution in [0.15, 0.2) is 117 Å². The SMILES string of the molecule is COc1cccc([C@@H]2C(C(=O)Nc3ccccc3)=C(C)N=c3s/c(=C\c4cc(Br)cc(I)c4OCc4ccccc4F)c(=O)n32)c1. The predicted molar refractivity (Wildman–Crippen MR) is 189 cm³/mol. The summed E-state index contributed by atoms with van der Waals surface area (Å²) in [4.78, 5) is 33.3. The highest BCUT2D eigenvalue weighted by Crippen LogP contribution is 2.34. The van der Waals surface area contributed by atoms with E-state index in [9.17, 15) is 14.0 Å². The van der Waals surface area contributed by atoms with Crippen LogP contribution in [0.5, 0.6) is 11.5 Å². The highest BCUT2D eigenvalue weighted by atomic mass is 127. The van der Waals surface area contributed by atoms with E-state index in [2.05, 4.69) is 43.8 Å². The van der Waals surface area contributed by atoms with Gasteiger partial charge in [-0.2, -0.15) is 0 Å². The smallest absolute Gasteiger partial charge is 0.271 e. The van der Waals surface area contributed by atoms with E-state index in [4.69, 9.17) is 14.5 Å². The van der Waals surface area contributed by atoms with Crippen molar-refractivity contribution in [1.82, 2.24) is 4.57 Å². The van der Waals surface area contributed by atoms with Gasteiger partial charge in [0.05, 0.1) is 32.5 Å². The van der Waals surface area contributed by atoms with Gasteiger partial charge in [-0.1, -0.05) is 75.8 Å². The minimum Gasteiger partial charge on any atom is -0.497 e. The van der Waals surface area contributed by atoms with Crippen LogP contribution in [-0.4, -0.2) is 17.6 Å². The molecule has 1 N–H and O–H groups in total. The lowest BCUT2D eigenvalue weighted by Gasteiger charge is -2.25. The Morgan fingerprint density at radius 1 is 1.09 bits per heavy atom. The summed E-state index contributed by atoms with van der Waals surface area (Å²) in [6, 6.07) is 25.9. The number of methoxy groups -OCH3 is 1. The van der Waals surface area contributed by atoms with Gasteiger partial charge in [-0.05, 0) is 83.6 Å². The van der Waals surface area contributed by atoms with E-state index in [-0.39, 0.29) is 23.9 Å². The Morgan fingerprint density at radius 3 is 2.61 bits per heavy atom. The van der Waals surface area contributed by atoms with Crippen LogP contribution in [0.3, 0.4) is 0 Å². The molecule has 2 heterocycles. The average molecular weight is 810 g/mol. The molecule has 0 unspecified atom stereocenters. The number of hydrogen-bond acceptors (Lipinski definition) is 6. The Bertz CT molecular complexity index is 2180. The Kier molecular flexibility index (Phi) is 9.52. The fourth-order valence-electron chi connectivity index (χ4n) is 5.21. The van der Waals surface area contributed by atoms with Crippen molar-refractivity contribution in [1.29, 1.82) is 0 Å². The molecular weight excluding hydrogens is 784 g/mol. The first kappa shape index (κ1) is 31.9. The van der Waals surface area contributed by atoms with E-state index < -0.39 is 6.04 Å². The van der Waals surface area contributed by atoms with Crippen LogP contribution in [0.2, 0.25) is 0 Å². The second-order valence-corrected chi connectivity index (χ2v) is 13.5. The third-order valence-corrected chi connectivity index (χ3v) is 9.60. The zero-order chi connectivity index (χ0) is 32.4. The number of rotatable bonds is 8. The van der Waals surface area contributed by atoms with E-state index in [0.717, 1.165) is 8.04 Å². The summed E-state index contributed by atoms with van der Waals surface area (Å²) in [6.07, 6.45) is 1.75. The van der Waals surface area contributed by atoms with Gasteiger partial charge in [-0.25, -0.2) is 9.38 Å². The van der Waals surface area contributed by atoms with Crippen molar-refractivity contribution in [3.63, 3.8) is 0 Å². The number of thiazole rings is 1. The first-order valence-corrected chi connectivity index (χ1v) is 16.8. The zero-order valence-electron chi connectivity index (χ0n) is 24.6. The Morgan fingerprint density at radius 2 is 1.85 bits per heavy atom. The molecule has 1 aliphatic rings. The molecule has 232 valence electrons. The summed E-state index contributed by atoms with van der Waals surface area (Å²) in [7, 11) is 1.57. The number of anilines is 1. The lowest BCUT2D eigenvalue weighted by Crippen LogP contribution is -2.40. The molecule has 1 atom stereocenters. The first-order valence-electron chi connectivity index (χ1n) is 14.1. The molecule has 11 heteroatoms. The molecular formula is C35H26BrFIN3O4S. The van der Waals surface area contributed by atoms with E-state index in [1.54, 1.807) is 55.0 Å². The van der Waals surface area contributed by atoms with Gasteiger partial charge in [0.1, 0.15) is 23.9 Å². The molecule has 0 saturated carbocycles. The summed E-state index contributed by atoms with van der Waals surface area (Å²) in [5.74, 6) is 0.392. The maximum absolute atomic E-state index is 14.4. The van der Waals surface area contributed by atoms with Gasteiger partial charge in [0.15, 0.2) is 4.80 Å². The number of halogens is 3. The van der Waals surface area contributed by atoms with Crippen LogP contribution >= 0.6 is 49.9 Å². The lowest BCUT2D eigenvalue weighted by molar-refractivity contribution is -0.113. The standard InChI is InChI=1S/C35H26BrFIN3O4S/c1-20-30(33(42)40-25-11-4-3-5-12-25)31(21-10-8-13-26(16-21)44-2)41-34(43)29(46-35(41)39-20)17-23-15-24(36)18-28(38)32(23)45-19-22-9-6-7-14-27(22)37/h3-18,31H,19H2,1-2H3,(H,40,42)/b29-17-/t31-/m1/s1. The lowest BCUT2D eigenvalue weighted by atomic mass is 9.95. The predicted octanol–water partition coefficient (Wildman–Crippen LogP) is 6.97. The second-order valence-electron chi connectivity index (χ2n) is 10.4. The molecule has 0 saturated heterocycles. The number of carbonyl (C=O) groups is 1. The summed E-state index contributed by atoms with van der Waals surface area (Å²) in [5.41, 5.74) is 2.91. The van der Waals surface area contributed by atoms with Gasteiger partial charge in [0, 0.05) is 21.3 Å². The number of aromatic nitrogens is 1. The maximum atomic E-state index is 14.4. The van der Waals surface area contributed by atoms with Crippen molar-refractivity contribution in [2.75, 3.05) is 12.4 Å². The molecule has 1 amide bonds. The van der Waals surface area contributed by atoms with Crippen molar-refractivity contribution < 1.29 is 18.7 Å². The Hall–Kier alpha value is -4.07. The Labute approximate surface area is 290 Å². The highest BCUT2D eigenvalue weighted by Gasteiger charge is 2.33. The molecule has 46 heavy (non-hydrogen) atoms. The number of fused-ring (bicyclic) bond motifs is 1. The van der Waals surface area contributed by atoms with Crippen LogP contribution in [0.1, 0.15) is 29.7 Å². The quantitative estimate of drug-likeness (QED) is 0.172. The number of ether oxygens (including phenoxy) is 2. The molecule has 0 fully saturated rings. The Balaban J connectivity index is 1.48. The number of allylic oxidation sites excluding steroid dienone is 1. The second kappa shape index (κ2) is 13.7. The number of amides is 1. The van der Waals surface area contributed by atoms with Crippen LogP contribution in [0, 0.1) is 9.39 Å². The number of nitrogens with one attached hydrogen (secondary N) is 1. The molecule has 0 aliphatic carbocycles. The number of benzene rings is 4. The van der Waals surface area contributed by atoms with Crippen molar-refractivity contribution >= 4 is 67.5 Å². The van der Waals surface area contributed by atoms with Crippen molar-refractivity contribution in [3.05, 3.63) is 153 Å². The third kappa shape index (κ3) is 6.58. The summed E-state index contributed by atoms with van der Waals surface area (Å²) in [5, 5.41) is 2.96. The molecule has 0 radical (unpaired) electrons. The molecule has 0 spiro atoms. The highest BCUT2D eigenvalue weighted by molar-refractivity contribution is 14.1. The van der Waals surface area contributed by atoms with Crippen molar-refractivity contribution in [2.45, 2.75) is 19.6 Å². The molecule has 4 aromatic carbocycles. The van der Waals surface area contributed by atoms with Crippen molar-refractivity contribution in [3.8, 4) is 11.5 Å². The number of hydrogen-bond donors (Lipinski definition) is 1. The minimum atomic E-state index is -0.767. The van der Waals surface area contributed by atoms with Gasteiger partial charge in [-0.3, -0.25) is 14.2 Å². The fraction of sp³-hybridized carbons (Fsp3) is 0.114. The molecule has 6 rings (SSSR count). The molecule has 1 aliphatic heterocycles. The van der Waals surface area contributed by atoms with E-state index in [1.165, 1.54) is 17.4 Å². The minimum absolute atomic E-state index is 0.0152.